The minimum absolute atomic E-state index is 0.0466. The van der Waals surface area contributed by atoms with Gasteiger partial charge in [-0.1, -0.05) is 51.5 Å². The third-order valence-corrected chi connectivity index (χ3v) is 6.09. The molecule has 168 valence electrons. The number of aromatic nitrogens is 2. The van der Waals surface area contributed by atoms with Crippen molar-refractivity contribution in [2.24, 2.45) is 11.8 Å². The summed E-state index contributed by atoms with van der Waals surface area (Å²) < 4.78 is 0. The van der Waals surface area contributed by atoms with Crippen molar-refractivity contribution in [3.05, 3.63) is 52.0 Å². The SMILES string of the molecule is Cc1ccc(C)c(Cc2c(C)nc(CC(C)C)nc2N2CCN(C(=O)C(C)C)CC2)c1. The van der Waals surface area contributed by atoms with Crippen LogP contribution in [0.5, 0.6) is 0 Å². The standard InChI is InChI=1S/C26H38N4O/c1-17(2)14-24-27-21(7)23(16-22-15-19(5)8-9-20(22)6)25(28-24)29-10-12-30(13-11-29)26(31)18(3)4/h8-9,15,17-18H,10-14,16H2,1-7H3. The zero-order chi connectivity index (χ0) is 22.7. The molecule has 3 rings (SSSR count). The van der Waals surface area contributed by atoms with Crippen LogP contribution in [0.1, 0.15) is 61.5 Å². The van der Waals surface area contributed by atoms with Crippen LogP contribution in [-0.2, 0) is 17.6 Å². The van der Waals surface area contributed by atoms with E-state index in [-0.39, 0.29) is 11.8 Å². The Labute approximate surface area is 187 Å². The molecule has 2 aromatic rings. The van der Waals surface area contributed by atoms with Gasteiger partial charge in [0.1, 0.15) is 11.6 Å². The highest BCUT2D eigenvalue weighted by atomic mass is 16.2. The van der Waals surface area contributed by atoms with Crippen molar-refractivity contribution in [1.82, 2.24) is 14.9 Å². The third kappa shape index (κ3) is 5.63. The Morgan fingerprint density at radius 1 is 1.00 bits per heavy atom. The maximum absolute atomic E-state index is 12.4. The van der Waals surface area contributed by atoms with Crippen molar-refractivity contribution in [1.29, 1.82) is 0 Å². The number of carbonyl (C=O) groups is 1. The van der Waals surface area contributed by atoms with Crippen LogP contribution in [0, 0.1) is 32.6 Å². The largest absolute Gasteiger partial charge is 0.353 e. The lowest BCUT2D eigenvalue weighted by Gasteiger charge is -2.37. The summed E-state index contributed by atoms with van der Waals surface area (Å²) in [5.41, 5.74) is 6.19. The first-order chi connectivity index (χ1) is 14.7. The average Bonchev–Trinajstić information content (AvgIpc) is 2.71. The van der Waals surface area contributed by atoms with E-state index in [0.29, 0.717) is 5.92 Å². The summed E-state index contributed by atoms with van der Waals surface area (Å²) in [7, 11) is 0. The quantitative estimate of drug-likeness (QED) is 0.688. The molecule has 31 heavy (non-hydrogen) atoms. The van der Waals surface area contributed by atoms with Crippen LogP contribution in [0.25, 0.3) is 0 Å². The third-order valence-electron chi connectivity index (χ3n) is 6.09. The molecule has 1 fully saturated rings. The number of carbonyl (C=O) groups excluding carboxylic acids is 1. The lowest BCUT2D eigenvalue weighted by atomic mass is 9.97. The number of nitrogens with zero attached hydrogens (tertiary/aromatic N) is 4. The highest BCUT2D eigenvalue weighted by molar-refractivity contribution is 5.78. The fourth-order valence-corrected chi connectivity index (χ4v) is 4.25. The van der Waals surface area contributed by atoms with Gasteiger partial charge in [0.05, 0.1) is 0 Å². The molecule has 1 aliphatic rings. The van der Waals surface area contributed by atoms with E-state index in [1.165, 1.54) is 22.3 Å². The van der Waals surface area contributed by atoms with Crippen LogP contribution in [0.3, 0.4) is 0 Å². The number of rotatable bonds is 6. The van der Waals surface area contributed by atoms with Gasteiger partial charge in [0.25, 0.3) is 0 Å². The normalized spacial score (nSPS) is 14.6. The van der Waals surface area contributed by atoms with E-state index in [9.17, 15) is 4.79 Å². The van der Waals surface area contributed by atoms with Crippen molar-refractivity contribution in [2.75, 3.05) is 31.1 Å². The second-order valence-corrected chi connectivity index (χ2v) is 9.70. The number of benzene rings is 1. The predicted molar refractivity (Wildman–Crippen MR) is 128 cm³/mol. The maximum atomic E-state index is 12.4. The first kappa shape index (κ1) is 23.2. The van der Waals surface area contributed by atoms with Crippen LogP contribution >= 0.6 is 0 Å². The lowest BCUT2D eigenvalue weighted by Crippen LogP contribution is -2.50. The van der Waals surface area contributed by atoms with Gasteiger partial charge >= 0.3 is 0 Å². The smallest absolute Gasteiger partial charge is 0.225 e. The molecule has 0 radical (unpaired) electrons. The molecular weight excluding hydrogens is 384 g/mol. The molecule has 0 aliphatic carbocycles. The Balaban J connectivity index is 1.94. The molecule has 1 aromatic carbocycles. The molecule has 1 amide bonds. The molecule has 0 unspecified atom stereocenters. The molecule has 5 nitrogen and oxygen atoms in total. The molecule has 0 N–H and O–H groups in total. The van der Waals surface area contributed by atoms with Crippen LogP contribution in [0.4, 0.5) is 5.82 Å². The number of anilines is 1. The summed E-state index contributed by atoms with van der Waals surface area (Å²) >= 11 is 0. The number of piperazine rings is 1. The minimum atomic E-state index is 0.0466. The number of aryl methyl sites for hydroxylation is 3. The molecule has 2 heterocycles. The van der Waals surface area contributed by atoms with Gasteiger partial charge in [-0.2, -0.15) is 0 Å². The Morgan fingerprint density at radius 2 is 1.68 bits per heavy atom. The summed E-state index contributed by atoms with van der Waals surface area (Å²) in [6, 6.07) is 6.64. The van der Waals surface area contributed by atoms with Crippen molar-refractivity contribution in [3.8, 4) is 0 Å². The second-order valence-electron chi connectivity index (χ2n) is 9.70. The Hall–Kier alpha value is -2.43. The number of amides is 1. The van der Waals surface area contributed by atoms with Crippen molar-refractivity contribution >= 4 is 11.7 Å². The first-order valence-corrected chi connectivity index (χ1v) is 11.6. The summed E-state index contributed by atoms with van der Waals surface area (Å²) in [4.78, 5) is 26.7. The zero-order valence-electron chi connectivity index (χ0n) is 20.3. The van der Waals surface area contributed by atoms with Crippen LogP contribution in [0.15, 0.2) is 18.2 Å². The molecule has 0 bridgehead atoms. The fourth-order valence-electron chi connectivity index (χ4n) is 4.25. The number of hydrogen-bond acceptors (Lipinski definition) is 4. The molecular formula is C26H38N4O. The second kappa shape index (κ2) is 9.80. The zero-order valence-corrected chi connectivity index (χ0v) is 20.3. The monoisotopic (exact) mass is 422 g/mol. The summed E-state index contributed by atoms with van der Waals surface area (Å²) in [5.74, 6) is 2.78. The molecule has 1 saturated heterocycles. The van der Waals surface area contributed by atoms with Gasteiger partial charge in [-0.15, -0.1) is 0 Å². The average molecular weight is 423 g/mol. The molecule has 5 heteroatoms. The van der Waals surface area contributed by atoms with Gasteiger partial charge in [0, 0.05) is 56.2 Å². The summed E-state index contributed by atoms with van der Waals surface area (Å²) in [6.45, 7) is 17.9. The van der Waals surface area contributed by atoms with Crippen molar-refractivity contribution in [3.63, 3.8) is 0 Å². The first-order valence-electron chi connectivity index (χ1n) is 11.6. The highest BCUT2D eigenvalue weighted by Crippen LogP contribution is 2.27. The summed E-state index contributed by atoms with van der Waals surface area (Å²) in [6.07, 6.45) is 1.71. The molecule has 0 saturated carbocycles. The van der Waals surface area contributed by atoms with E-state index >= 15 is 0 Å². The molecule has 1 aliphatic heterocycles. The molecule has 0 atom stereocenters. The highest BCUT2D eigenvalue weighted by Gasteiger charge is 2.26. The number of hydrogen-bond donors (Lipinski definition) is 0. The maximum Gasteiger partial charge on any atom is 0.225 e. The van der Waals surface area contributed by atoms with E-state index in [2.05, 4.69) is 57.7 Å². The Morgan fingerprint density at radius 3 is 2.29 bits per heavy atom. The Bertz CT molecular complexity index is 927. The fraction of sp³-hybridized carbons (Fsp3) is 0.577. The topological polar surface area (TPSA) is 49.3 Å². The van der Waals surface area contributed by atoms with Gasteiger partial charge in [0.15, 0.2) is 0 Å². The van der Waals surface area contributed by atoms with E-state index < -0.39 is 0 Å². The van der Waals surface area contributed by atoms with E-state index in [4.69, 9.17) is 9.97 Å². The van der Waals surface area contributed by atoms with Crippen LogP contribution < -0.4 is 4.90 Å². The van der Waals surface area contributed by atoms with Crippen LogP contribution in [0.2, 0.25) is 0 Å². The lowest BCUT2D eigenvalue weighted by molar-refractivity contribution is -0.134. The van der Waals surface area contributed by atoms with Gasteiger partial charge in [0.2, 0.25) is 5.91 Å². The van der Waals surface area contributed by atoms with E-state index in [1.54, 1.807) is 0 Å². The van der Waals surface area contributed by atoms with Crippen LogP contribution in [-0.4, -0.2) is 47.0 Å². The molecule has 1 aromatic heterocycles. The van der Waals surface area contributed by atoms with E-state index in [0.717, 1.165) is 56.4 Å². The van der Waals surface area contributed by atoms with Crippen molar-refractivity contribution < 1.29 is 4.79 Å². The predicted octanol–water partition coefficient (Wildman–Crippen LogP) is 4.50. The summed E-state index contributed by atoms with van der Waals surface area (Å²) in [5, 5.41) is 0. The van der Waals surface area contributed by atoms with E-state index in [1.807, 2.05) is 18.7 Å². The Kier molecular flexibility index (Phi) is 7.34. The molecule has 0 spiro atoms. The van der Waals surface area contributed by atoms with Crippen molar-refractivity contribution in [2.45, 2.75) is 61.3 Å². The van der Waals surface area contributed by atoms with Gasteiger partial charge < -0.3 is 9.80 Å². The van der Waals surface area contributed by atoms with Gasteiger partial charge in [-0.3, -0.25) is 4.79 Å². The van der Waals surface area contributed by atoms with Gasteiger partial charge in [-0.25, -0.2) is 9.97 Å². The minimum Gasteiger partial charge on any atom is -0.353 e. The van der Waals surface area contributed by atoms with Gasteiger partial charge in [-0.05, 0) is 37.8 Å².